The number of carbonyl (C=O) groups is 1. The summed E-state index contributed by atoms with van der Waals surface area (Å²) in [6.45, 7) is 7.57. The van der Waals surface area contributed by atoms with Crippen LogP contribution in [0.1, 0.15) is 93.3 Å². The molecule has 2 bridgehead atoms. The van der Waals surface area contributed by atoms with Crippen LogP contribution in [-0.2, 0) is 16.8 Å². The Hall–Kier alpha value is -2.94. The molecule has 9 rings (SSSR count). The van der Waals surface area contributed by atoms with Crippen LogP contribution in [0.5, 0.6) is 5.75 Å². The first kappa shape index (κ1) is 35.1. The molecule has 15 heteroatoms. The standard InChI is InChI=1S/C36H42Cl2N6O5S2/c1-19(2)48-29-14-22(35(45)42-51(46,47)43-12-5-4-6-13-43)15-30-33(29)40-36(50-30)44-27-16-23(17-28(44)20(27)3)39-18-24-32(41-49-34(24)21-10-11-21)31-25(37)8-7-9-26(31)38/h7-9,14-15,19-21,23,27-28,39H,4-6,10-13,16-18H2,1-3H3,(H,42,45). The van der Waals surface area contributed by atoms with Gasteiger partial charge in [0.25, 0.3) is 5.91 Å². The van der Waals surface area contributed by atoms with E-state index in [1.54, 1.807) is 12.1 Å². The highest BCUT2D eigenvalue weighted by Crippen LogP contribution is 2.50. The molecule has 2 atom stereocenters. The number of ether oxygens (including phenoxy) is 1. The van der Waals surface area contributed by atoms with Gasteiger partial charge in [-0.25, -0.2) is 9.71 Å². The molecule has 2 aromatic heterocycles. The van der Waals surface area contributed by atoms with Crippen molar-refractivity contribution in [2.45, 2.75) is 102 Å². The number of aromatic nitrogens is 2. The molecule has 3 aliphatic heterocycles. The molecule has 2 aliphatic carbocycles. The van der Waals surface area contributed by atoms with Crippen molar-refractivity contribution in [2.75, 3.05) is 18.0 Å². The minimum absolute atomic E-state index is 0.163. The number of anilines is 1. The Morgan fingerprint density at radius 2 is 1.80 bits per heavy atom. The van der Waals surface area contributed by atoms with Gasteiger partial charge in [0, 0.05) is 60.4 Å². The highest BCUT2D eigenvalue weighted by Gasteiger charge is 2.52. The van der Waals surface area contributed by atoms with Gasteiger partial charge in [0.2, 0.25) is 0 Å². The molecule has 2 aromatic carbocycles. The van der Waals surface area contributed by atoms with Crippen molar-refractivity contribution < 1.29 is 22.5 Å². The van der Waals surface area contributed by atoms with E-state index < -0.39 is 16.1 Å². The first-order valence-electron chi connectivity index (χ1n) is 17.9. The first-order chi connectivity index (χ1) is 24.5. The summed E-state index contributed by atoms with van der Waals surface area (Å²) in [7, 11) is -3.94. The largest absolute Gasteiger partial charge is 0.489 e. The number of nitrogens with one attached hydrogen (secondary N) is 2. The number of amides is 1. The molecular formula is C36H42Cl2N6O5S2. The quantitative estimate of drug-likeness (QED) is 0.159. The highest BCUT2D eigenvalue weighted by molar-refractivity contribution is 7.87. The van der Waals surface area contributed by atoms with Crippen LogP contribution in [0, 0.1) is 5.92 Å². The molecule has 5 heterocycles. The highest BCUT2D eigenvalue weighted by atomic mass is 35.5. The van der Waals surface area contributed by atoms with Crippen molar-refractivity contribution in [3.63, 3.8) is 0 Å². The van der Waals surface area contributed by atoms with Crippen molar-refractivity contribution >= 4 is 66.0 Å². The smallest absolute Gasteiger partial charge is 0.304 e. The fraction of sp³-hybridized carbons (Fsp3) is 0.528. The maximum absolute atomic E-state index is 13.3. The third-order valence-corrected chi connectivity index (χ3v) is 13.8. The Morgan fingerprint density at radius 1 is 1.10 bits per heavy atom. The lowest BCUT2D eigenvalue weighted by Gasteiger charge is -2.60. The number of fused-ring (bicyclic) bond motifs is 3. The van der Waals surface area contributed by atoms with Crippen LogP contribution in [0.2, 0.25) is 10.0 Å². The zero-order valence-electron chi connectivity index (χ0n) is 28.8. The van der Waals surface area contributed by atoms with E-state index in [9.17, 15) is 13.2 Å². The summed E-state index contributed by atoms with van der Waals surface area (Å²) in [6.07, 6.45) is 6.46. The molecule has 5 aliphatic rings. The minimum atomic E-state index is -3.94. The number of thiazole rings is 1. The molecule has 0 spiro atoms. The maximum Gasteiger partial charge on any atom is 0.304 e. The Morgan fingerprint density at radius 3 is 2.47 bits per heavy atom. The van der Waals surface area contributed by atoms with Gasteiger partial charge in [0.1, 0.15) is 22.7 Å². The minimum Gasteiger partial charge on any atom is -0.489 e. The van der Waals surface area contributed by atoms with Gasteiger partial charge in [-0.15, -0.1) is 0 Å². The third kappa shape index (κ3) is 6.74. The zero-order valence-corrected chi connectivity index (χ0v) is 32.0. The Bertz CT molecular complexity index is 2040. The van der Waals surface area contributed by atoms with E-state index >= 15 is 0 Å². The summed E-state index contributed by atoms with van der Waals surface area (Å²) in [4.78, 5) is 20.8. The van der Waals surface area contributed by atoms with Crippen LogP contribution in [0.25, 0.3) is 21.5 Å². The van der Waals surface area contributed by atoms with Crippen molar-refractivity contribution in [2.24, 2.45) is 5.92 Å². The van der Waals surface area contributed by atoms with Gasteiger partial charge < -0.3 is 19.5 Å². The summed E-state index contributed by atoms with van der Waals surface area (Å²) >= 11 is 14.7. The molecule has 4 aromatic rings. The predicted octanol–water partition coefficient (Wildman–Crippen LogP) is 7.53. The predicted molar refractivity (Wildman–Crippen MR) is 200 cm³/mol. The number of carbonyl (C=O) groups excluding carboxylic acids is 1. The van der Waals surface area contributed by atoms with Gasteiger partial charge in [0.15, 0.2) is 5.13 Å². The second-order valence-electron chi connectivity index (χ2n) is 14.6. The lowest BCUT2D eigenvalue weighted by atomic mass is 9.69. The van der Waals surface area contributed by atoms with Gasteiger partial charge in [-0.2, -0.15) is 12.7 Å². The molecule has 2 N–H and O–H groups in total. The first-order valence-corrected chi connectivity index (χ1v) is 20.9. The van der Waals surface area contributed by atoms with Crippen molar-refractivity contribution in [1.82, 2.24) is 24.5 Å². The van der Waals surface area contributed by atoms with E-state index in [1.165, 1.54) is 15.6 Å². The third-order valence-electron chi connectivity index (χ3n) is 10.7. The molecule has 3 saturated heterocycles. The molecule has 2 unspecified atom stereocenters. The van der Waals surface area contributed by atoms with Crippen LogP contribution in [0.15, 0.2) is 34.9 Å². The summed E-state index contributed by atoms with van der Waals surface area (Å²) in [5.41, 5.74) is 3.36. The number of hydrogen-bond acceptors (Lipinski definition) is 10. The maximum atomic E-state index is 13.3. The van der Waals surface area contributed by atoms with E-state index in [-0.39, 0.29) is 29.8 Å². The normalized spacial score (nSPS) is 23.8. The van der Waals surface area contributed by atoms with Crippen LogP contribution in [0.4, 0.5) is 5.13 Å². The molecule has 0 radical (unpaired) electrons. The number of hydrogen-bond donors (Lipinski definition) is 2. The van der Waals surface area contributed by atoms with E-state index in [0.29, 0.717) is 64.0 Å². The molecule has 2 saturated carbocycles. The Kier molecular flexibility index (Phi) is 9.50. The molecule has 1 amide bonds. The van der Waals surface area contributed by atoms with Crippen molar-refractivity contribution in [3.05, 3.63) is 57.3 Å². The molecular weight excluding hydrogens is 731 g/mol. The van der Waals surface area contributed by atoms with Crippen molar-refractivity contribution in [3.8, 4) is 17.0 Å². The number of rotatable bonds is 11. The van der Waals surface area contributed by atoms with Gasteiger partial charge in [0.05, 0.1) is 20.8 Å². The summed E-state index contributed by atoms with van der Waals surface area (Å²) in [6, 6.07) is 9.69. The van der Waals surface area contributed by atoms with E-state index in [2.05, 4.69) is 27.0 Å². The number of nitrogens with zero attached hydrogens (tertiary/aromatic N) is 4. The summed E-state index contributed by atoms with van der Waals surface area (Å²) in [5, 5.41) is 10.3. The molecule has 272 valence electrons. The van der Waals surface area contributed by atoms with E-state index in [1.807, 2.05) is 32.0 Å². The van der Waals surface area contributed by atoms with Crippen LogP contribution in [-0.4, -0.2) is 66.1 Å². The number of benzene rings is 2. The second kappa shape index (κ2) is 13.8. The fourth-order valence-corrected chi connectivity index (χ4v) is 10.9. The van der Waals surface area contributed by atoms with Crippen LogP contribution >= 0.6 is 34.5 Å². The monoisotopic (exact) mass is 772 g/mol. The van der Waals surface area contributed by atoms with E-state index in [4.69, 9.17) is 37.4 Å². The lowest BCUT2D eigenvalue weighted by Crippen LogP contribution is -2.70. The van der Waals surface area contributed by atoms with E-state index in [0.717, 1.165) is 66.1 Å². The molecule has 51 heavy (non-hydrogen) atoms. The Labute approximate surface area is 312 Å². The topological polar surface area (TPSA) is 130 Å². The van der Waals surface area contributed by atoms with Crippen LogP contribution in [0.3, 0.4) is 0 Å². The Balaban J connectivity index is 1.00. The average molecular weight is 774 g/mol. The molecule has 11 nitrogen and oxygen atoms in total. The van der Waals surface area contributed by atoms with Crippen molar-refractivity contribution in [1.29, 1.82) is 0 Å². The van der Waals surface area contributed by atoms with Crippen LogP contribution < -0.4 is 19.7 Å². The molecule has 5 fully saturated rings. The fourth-order valence-electron chi connectivity index (χ4n) is 7.94. The van der Waals surface area contributed by atoms with Gasteiger partial charge in [-0.05, 0) is 82.6 Å². The lowest BCUT2D eigenvalue weighted by molar-refractivity contribution is 0.0978. The van der Waals surface area contributed by atoms with Gasteiger partial charge >= 0.3 is 10.2 Å². The average Bonchev–Trinajstić information content (AvgIpc) is 3.73. The summed E-state index contributed by atoms with van der Waals surface area (Å²) in [5.74, 6) is 1.60. The zero-order chi connectivity index (χ0) is 35.6. The van der Waals surface area contributed by atoms with Gasteiger partial charge in [-0.3, -0.25) is 4.79 Å². The second-order valence-corrected chi connectivity index (χ2v) is 18.1. The van der Waals surface area contributed by atoms with Gasteiger partial charge in [-0.1, -0.05) is 59.1 Å². The number of piperidine rings is 2. The number of halogens is 2. The SMILES string of the molecule is CC(C)Oc1cc(C(=O)NS(=O)(=O)N2CCCCC2)cc2sc(N3C4CC(NCc5c(-c6c(Cl)cccc6Cl)noc5C5CC5)CC3C4C)nc12. The summed E-state index contributed by atoms with van der Waals surface area (Å²) < 4.78 is 42.4.